The molecule has 1 aromatic rings. The van der Waals surface area contributed by atoms with Crippen LogP contribution in [0, 0.1) is 31.1 Å². The van der Waals surface area contributed by atoms with Crippen LogP contribution in [0.5, 0.6) is 0 Å². The van der Waals surface area contributed by atoms with Crippen LogP contribution in [0.1, 0.15) is 49.3 Å². The maximum Gasteiger partial charge on any atom is 0.262 e. The number of amides is 1. The molecule has 0 saturated heterocycles. The lowest BCUT2D eigenvalue weighted by molar-refractivity contribution is -0.118. The van der Waals surface area contributed by atoms with Gasteiger partial charge in [0.15, 0.2) is 0 Å². The smallest absolute Gasteiger partial charge is 0.262 e. The number of hydrogen-bond acceptors (Lipinski definition) is 2. The van der Waals surface area contributed by atoms with E-state index >= 15 is 0 Å². The van der Waals surface area contributed by atoms with Crippen molar-refractivity contribution < 1.29 is 4.79 Å². The fourth-order valence-electron chi connectivity index (χ4n) is 3.00. The van der Waals surface area contributed by atoms with Gasteiger partial charge in [-0.15, -0.1) is 0 Å². The summed E-state index contributed by atoms with van der Waals surface area (Å²) in [7, 11) is 0. The zero-order chi connectivity index (χ0) is 16.1. The van der Waals surface area contributed by atoms with Crippen LogP contribution in [0.2, 0.25) is 0 Å². The van der Waals surface area contributed by atoms with Gasteiger partial charge in [-0.1, -0.05) is 43.5 Å². The van der Waals surface area contributed by atoms with Crippen LogP contribution in [0.25, 0.3) is 6.08 Å². The average molecular weight is 296 g/mol. The van der Waals surface area contributed by atoms with E-state index in [2.05, 4.69) is 18.3 Å². The molecule has 0 heterocycles. The van der Waals surface area contributed by atoms with Crippen molar-refractivity contribution in [3.8, 4) is 6.07 Å². The third kappa shape index (κ3) is 3.98. The molecule has 3 heteroatoms. The van der Waals surface area contributed by atoms with Crippen LogP contribution in [-0.2, 0) is 4.79 Å². The van der Waals surface area contributed by atoms with Gasteiger partial charge in [0.2, 0.25) is 0 Å². The lowest BCUT2D eigenvalue weighted by Crippen LogP contribution is -2.41. The molecule has 116 valence electrons. The minimum absolute atomic E-state index is 0.187. The largest absolute Gasteiger partial charge is 0.348 e. The Kier molecular flexibility index (Phi) is 5.38. The highest BCUT2D eigenvalue weighted by atomic mass is 16.1. The number of carbonyl (C=O) groups is 1. The number of benzene rings is 1. The molecular weight excluding hydrogens is 272 g/mol. The van der Waals surface area contributed by atoms with E-state index < -0.39 is 0 Å². The number of nitrogens with zero attached hydrogens (tertiary/aromatic N) is 1. The molecule has 1 saturated carbocycles. The van der Waals surface area contributed by atoms with E-state index in [1.165, 1.54) is 6.42 Å². The van der Waals surface area contributed by atoms with Crippen molar-refractivity contribution in [3.63, 3.8) is 0 Å². The van der Waals surface area contributed by atoms with Crippen molar-refractivity contribution >= 4 is 12.0 Å². The van der Waals surface area contributed by atoms with Crippen molar-refractivity contribution in [1.29, 1.82) is 5.26 Å². The molecule has 1 fully saturated rings. The van der Waals surface area contributed by atoms with E-state index in [4.69, 9.17) is 0 Å². The van der Waals surface area contributed by atoms with Crippen molar-refractivity contribution in [1.82, 2.24) is 5.32 Å². The van der Waals surface area contributed by atoms with Crippen molar-refractivity contribution in [2.24, 2.45) is 5.92 Å². The Labute approximate surface area is 133 Å². The lowest BCUT2D eigenvalue weighted by atomic mass is 9.86. The summed E-state index contributed by atoms with van der Waals surface area (Å²) in [5, 5.41) is 12.4. The van der Waals surface area contributed by atoms with Crippen molar-refractivity contribution in [2.45, 2.75) is 52.5 Å². The molecule has 0 spiro atoms. The first-order chi connectivity index (χ1) is 10.5. The minimum atomic E-state index is -0.248. The molecule has 2 rings (SSSR count). The van der Waals surface area contributed by atoms with E-state index in [1.54, 1.807) is 6.08 Å². The fraction of sp³-hybridized carbons (Fsp3) is 0.474. The average Bonchev–Trinajstić information content (AvgIpc) is 2.50. The summed E-state index contributed by atoms with van der Waals surface area (Å²) in [4.78, 5) is 12.4. The number of rotatable bonds is 3. The van der Waals surface area contributed by atoms with Gasteiger partial charge in [0.1, 0.15) is 11.6 Å². The molecule has 1 aliphatic carbocycles. The summed E-state index contributed by atoms with van der Waals surface area (Å²) in [6, 6.07) is 8.29. The summed E-state index contributed by atoms with van der Waals surface area (Å²) in [6.45, 7) is 6.17. The molecule has 22 heavy (non-hydrogen) atoms. The normalized spacial score (nSPS) is 22.0. The highest BCUT2D eigenvalue weighted by molar-refractivity contribution is 6.02. The van der Waals surface area contributed by atoms with Crippen LogP contribution in [-0.4, -0.2) is 11.9 Å². The Morgan fingerprint density at radius 1 is 1.32 bits per heavy atom. The predicted molar refractivity (Wildman–Crippen MR) is 89.1 cm³/mol. The second kappa shape index (κ2) is 7.26. The van der Waals surface area contributed by atoms with Gasteiger partial charge in [-0.2, -0.15) is 5.26 Å². The molecule has 3 nitrogen and oxygen atoms in total. The van der Waals surface area contributed by atoms with Gasteiger partial charge in [0, 0.05) is 6.04 Å². The third-order valence-electron chi connectivity index (χ3n) is 4.53. The number of nitriles is 1. The van der Waals surface area contributed by atoms with Gasteiger partial charge in [0.05, 0.1) is 0 Å². The molecule has 0 aliphatic heterocycles. The molecule has 1 aliphatic rings. The molecule has 2 atom stereocenters. The van der Waals surface area contributed by atoms with Gasteiger partial charge >= 0.3 is 0 Å². The summed E-state index contributed by atoms with van der Waals surface area (Å²) in [5.41, 5.74) is 3.31. The zero-order valence-corrected chi connectivity index (χ0v) is 13.6. The first-order valence-corrected chi connectivity index (χ1v) is 8.01. The quantitative estimate of drug-likeness (QED) is 0.679. The maximum absolute atomic E-state index is 12.4. The van der Waals surface area contributed by atoms with Gasteiger partial charge in [-0.3, -0.25) is 4.79 Å². The van der Waals surface area contributed by atoms with Crippen molar-refractivity contribution in [2.75, 3.05) is 0 Å². The highest BCUT2D eigenvalue weighted by Crippen LogP contribution is 2.24. The van der Waals surface area contributed by atoms with E-state index in [9.17, 15) is 10.1 Å². The highest BCUT2D eigenvalue weighted by Gasteiger charge is 2.24. The minimum Gasteiger partial charge on any atom is -0.348 e. The Hall–Kier alpha value is -2.08. The van der Waals surface area contributed by atoms with Crippen LogP contribution >= 0.6 is 0 Å². The van der Waals surface area contributed by atoms with E-state index in [1.807, 2.05) is 32.0 Å². The Balaban J connectivity index is 2.16. The van der Waals surface area contributed by atoms with Crippen LogP contribution in [0.15, 0.2) is 23.8 Å². The summed E-state index contributed by atoms with van der Waals surface area (Å²) in [5.74, 6) is 0.237. The monoisotopic (exact) mass is 296 g/mol. The van der Waals surface area contributed by atoms with E-state index in [-0.39, 0.29) is 17.5 Å². The number of aryl methyl sites for hydroxylation is 2. The molecular formula is C19H24N2O. The van der Waals surface area contributed by atoms with E-state index in [0.29, 0.717) is 5.92 Å². The SMILES string of the molecule is Cc1ccc(C)c(/C=C(\C#N)C(=O)N[C@H]2CCCC[C@@H]2C)c1. The second-order valence-electron chi connectivity index (χ2n) is 6.37. The van der Waals surface area contributed by atoms with Crippen LogP contribution in [0.3, 0.4) is 0 Å². The van der Waals surface area contributed by atoms with Gasteiger partial charge < -0.3 is 5.32 Å². The number of carbonyl (C=O) groups excluding carboxylic acids is 1. The van der Waals surface area contributed by atoms with Crippen molar-refractivity contribution in [3.05, 3.63) is 40.5 Å². The second-order valence-corrected chi connectivity index (χ2v) is 6.37. The van der Waals surface area contributed by atoms with Crippen LogP contribution < -0.4 is 5.32 Å². The zero-order valence-electron chi connectivity index (χ0n) is 13.6. The summed E-state index contributed by atoms with van der Waals surface area (Å²) in [6.07, 6.45) is 6.24. The van der Waals surface area contributed by atoms with E-state index in [0.717, 1.165) is 36.0 Å². The third-order valence-corrected chi connectivity index (χ3v) is 4.53. The first kappa shape index (κ1) is 16.3. The van der Waals surface area contributed by atoms with Gasteiger partial charge in [-0.25, -0.2) is 0 Å². The molecule has 0 aromatic heterocycles. The number of nitrogens with one attached hydrogen (secondary N) is 1. The standard InChI is InChI=1S/C19H24N2O/c1-13-8-9-14(2)16(10-13)11-17(12-20)19(22)21-18-7-5-4-6-15(18)3/h8-11,15,18H,4-7H2,1-3H3,(H,21,22)/b17-11+/t15-,18-/m0/s1. The summed E-state index contributed by atoms with van der Waals surface area (Å²) < 4.78 is 0. The summed E-state index contributed by atoms with van der Waals surface area (Å²) >= 11 is 0. The Bertz CT molecular complexity index is 625. The molecule has 1 N–H and O–H groups in total. The fourth-order valence-corrected chi connectivity index (χ4v) is 3.00. The molecule has 0 bridgehead atoms. The molecule has 0 radical (unpaired) electrons. The molecule has 0 unspecified atom stereocenters. The Morgan fingerprint density at radius 3 is 2.73 bits per heavy atom. The predicted octanol–water partition coefficient (Wildman–Crippen LogP) is 3.91. The number of hydrogen-bond donors (Lipinski definition) is 1. The first-order valence-electron chi connectivity index (χ1n) is 8.01. The van der Waals surface area contributed by atoms with Gasteiger partial charge in [0.25, 0.3) is 5.91 Å². The molecule has 1 aromatic carbocycles. The topological polar surface area (TPSA) is 52.9 Å². The Morgan fingerprint density at radius 2 is 2.05 bits per heavy atom. The molecule has 1 amide bonds. The van der Waals surface area contributed by atoms with Crippen LogP contribution in [0.4, 0.5) is 0 Å². The maximum atomic E-state index is 12.4. The van der Waals surface area contributed by atoms with Gasteiger partial charge in [-0.05, 0) is 49.8 Å². The lowest BCUT2D eigenvalue weighted by Gasteiger charge is -2.29.